The molecule has 0 bridgehead atoms. The van der Waals surface area contributed by atoms with Crippen molar-refractivity contribution in [2.75, 3.05) is 33.7 Å². The minimum absolute atomic E-state index is 0.0376. The number of hydrogen-bond acceptors (Lipinski definition) is 2. The molecule has 0 aliphatic heterocycles. The van der Waals surface area contributed by atoms with Gasteiger partial charge in [0, 0.05) is 23.1 Å². The molecule has 0 unspecified atom stereocenters. The molecule has 0 aromatic heterocycles. The van der Waals surface area contributed by atoms with Crippen LogP contribution < -0.4 is 0 Å². The Kier molecular flexibility index (Phi) is 6.83. The summed E-state index contributed by atoms with van der Waals surface area (Å²) in [4.78, 5) is 16.3. The van der Waals surface area contributed by atoms with E-state index in [2.05, 4.69) is 20.8 Å². The number of rotatable bonds is 6. The van der Waals surface area contributed by atoms with Gasteiger partial charge in [0.05, 0.1) is 5.02 Å². The van der Waals surface area contributed by atoms with Crippen molar-refractivity contribution in [2.45, 2.75) is 13.3 Å². The second-order valence-electron chi connectivity index (χ2n) is 4.67. The first-order valence-corrected chi connectivity index (χ1v) is 7.51. The van der Waals surface area contributed by atoms with Crippen LogP contribution in [0.15, 0.2) is 22.7 Å². The van der Waals surface area contributed by atoms with Crippen LogP contribution in [0.2, 0.25) is 5.02 Å². The zero-order chi connectivity index (χ0) is 14.4. The molecule has 0 heterocycles. The third-order valence-corrected chi connectivity index (χ3v) is 4.10. The maximum absolute atomic E-state index is 12.4. The van der Waals surface area contributed by atoms with Gasteiger partial charge in [0.15, 0.2) is 0 Å². The van der Waals surface area contributed by atoms with Crippen LogP contribution in [-0.4, -0.2) is 49.4 Å². The molecule has 0 aliphatic rings. The molecule has 0 N–H and O–H groups in total. The summed E-state index contributed by atoms with van der Waals surface area (Å²) in [5.41, 5.74) is 0.639. The largest absolute Gasteiger partial charge is 0.339 e. The van der Waals surface area contributed by atoms with E-state index < -0.39 is 0 Å². The Morgan fingerprint density at radius 3 is 2.53 bits per heavy atom. The number of carbonyl (C=O) groups is 1. The predicted molar refractivity (Wildman–Crippen MR) is 83.9 cm³/mol. The van der Waals surface area contributed by atoms with Crippen molar-refractivity contribution in [3.8, 4) is 0 Å². The molecule has 1 rings (SSSR count). The van der Waals surface area contributed by atoms with Crippen LogP contribution in [0.1, 0.15) is 23.7 Å². The Morgan fingerprint density at radius 2 is 2.00 bits per heavy atom. The lowest BCUT2D eigenvalue weighted by atomic mass is 10.2. The van der Waals surface area contributed by atoms with Gasteiger partial charge in [-0.15, -0.1) is 0 Å². The smallest absolute Gasteiger partial charge is 0.253 e. The zero-order valence-corrected chi connectivity index (χ0v) is 14.0. The first-order valence-electron chi connectivity index (χ1n) is 6.34. The van der Waals surface area contributed by atoms with Crippen LogP contribution in [0, 0.1) is 0 Å². The van der Waals surface area contributed by atoms with Crippen LogP contribution in [0.5, 0.6) is 0 Å². The van der Waals surface area contributed by atoms with Crippen molar-refractivity contribution >= 4 is 33.4 Å². The van der Waals surface area contributed by atoms with Gasteiger partial charge in [-0.2, -0.15) is 0 Å². The fraction of sp³-hybridized carbons (Fsp3) is 0.500. The summed E-state index contributed by atoms with van der Waals surface area (Å²) in [7, 11) is 4.07. The van der Waals surface area contributed by atoms with Gasteiger partial charge in [0.25, 0.3) is 5.91 Å². The fourth-order valence-corrected chi connectivity index (χ4v) is 2.22. The summed E-state index contributed by atoms with van der Waals surface area (Å²) >= 11 is 9.36. The quantitative estimate of drug-likeness (QED) is 0.786. The van der Waals surface area contributed by atoms with E-state index in [1.165, 1.54) is 0 Å². The van der Waals surface area contributed by atoms with E-state index in [9.17, 15) is 4.79 Å². The van der Waals surface area contributed by atoms with Gasteiger partial charge in [0.2, 0.25) is 0 Å². The number of benzene rings is 1. The van der Waals surface area contributed by atoms with Crippen molar-refractivity contribution in [3.05, 3.63) is 33.3 Å². The Morgan fingerprint density at radius 1 is 1.32 bits per heavy atom. The average molecular weight is 348 g/mol. The standard InChI is InChI=1S/C14H20BrClN2O/c1-4-18(9-5-8-17(2)3)14(19)11-6-7-12(15)13(16)10-11/h6-7,10H,4-5,8-9H2,1-3H3. The van der Waals surface area contributed by atoms with Crippen molar-refractivity contribution in [1.29, 1.82) is 0 Å². The summed E-state index contributed by atoms with van der Waals surface area (Å²) < 4.78 is 0.807. The van der Waals surface area contributed by atoms with Gasteiger partial charge < -0.3 is 9.80 Å². The normalized spacial score (nSPS) is 10.8. The van der Waals surface area contributed by atoms with Crippen LogP contribution in [0.4, 0.5) is 0 Å². The maximum atomic E-state index is 12.4. The number of carbonyl (C=O) groups excluding carboxylic acids is 1. The van der Waals surface area contributed by atoms with Crippen LogP contribution in [0.25, 0.3) is 0 Å². The monoisotopic (exact) mass is 346 g/mol. The predicted octanol–water partition coefficient (Wildman–Crippen LogP) is 3.52. The molecular formula is C14H20BrClN2O. The summed E-state index contributed by atoms with van der Waals surface area (Å²) in [6.45, 7) is 4.44. The van der Waals surface area contributed by atoms with Gasteiger partial charge in [0.1, 0.15) is 0 Å². The molecule has 1 aromatic carbocycles. The molecule has 0 spiro atoms. The fourth-order valence-electron chi connectivity index (χ4n) is 1.79. The minimum atomic E-state index is 0.0376. The molecule has 1 aromatic rings. The second-order valence-corrected chi connectivity index (χ2v) is 5.93. The molecule has 0 saturated carbocycles. The lowest BCUT2D eigenvalue weighted by Gasteiger charge is -2.22. The van der Waals surface area contributed by atoms with Crippen molar-refractivity contribution < 1.29 is 4.79 Å². The van der Waals surface area contributed by atoms with Gasteiger partial charge in [-0.05, 0) is 68.1 Å². The minimum Gasteiger partial charge on any atom is -0.339 e. The van der Waals surface area contributed by atoms with E-state index in [0.29, 0.717) is 17.1 Å². The Balaban J connectivity index is 2.69. The lowest BCUT2D eigenvalue weighted by Crippen LogP contribution is -2.33. The van der Waals surface area contributed by atoms with E-state index in [1.807, 2.05) is 32.0 Å². The summed E-state index contributed by atoms with van der Waals surface area (Å²) in [5, 5.41) is 0.565. The molecule has 0 aliphatic carbocycles. The lowest BCUT2D eigenvalue weighted by molar-refractivity contribution is 0.0759. The Labute approximate surface area is 128 Å². The van der Waals surface area contributed by atoms with Crippen LogP contribution in [0.3, 0.4) is 0 Å². The molecule has 0 radical (unpaired) electrons. The summed E-state index contributed by atoms with van der Waals surface area (Å²) in [6.07, 6.45) is 0.969. The third kappa shape index (κ3) is 5.13. The van der Waals surface area contributed by atoms with Crippen molar-refractivity contribution in [3.63, 3.8) is 0 Å². The highest BCUT2D eigenvalue weighted by Gasteiger charge is 2.14. The van der Waals surface area contributed by atoms with Crippen LogP contribution in [-0.2, 0) is 0 Å². The van der Waals surface area contributed by atoms with Crippen molar-refractivity contribution in [2.24, 2.45) is 0 Å². The van der Waals surface area contributed by atoms with E-state index >= 15 is 0 Å². The first-order chi connectivity index (χ1) is 8.95. The molecular weight excluding hydrogens is 328 g/mol. The summed E-state index contributed by atoms with van der Waals surface area (Å²) in [5.74, 6) is 0.0376. The highest BCUT2D eigenvalue weighted by Crippen LogP contribution is 2.23. The highest BCUT2D eigenvalue weighted by atomic mass is 79.9. The first kappa shape index (κ1) is 16.5. The molecule has 3 nitrogen and oxygen atoms in total. The number of hydrogen-bond donors (Lipinski definition) is 0. The molecule has 0 saturated heterocycles. The van der Waals surface area contributed by atoms with Crippen LogP contribution >= 0.6 is 27.5 Å². The van der Waals surface area contributed by atoms with Gasteiger partial charge in [-0.25, -0.2) is 0 Å². The van der Waals surface area contributed by atoms with Gasteiger partial charge in [-0.1, -0.05) is 11.6 Å². The topological polar surface area (TPSA) is 23.6 Å². The molecule has 106 valence electrons. The number of halogens is 2. The van der Waals surface area contributed by atoms with E-state index in [0.717, 1.165) is 24.0 Å². The highest BCUT2D eigenvalue weighted by molar-refractivity contribution is 9.10. The summed E-state index contributed by atoms with van der Waals surface area (Å²) in [6, 6.07) is 5.32. The van der Waals surface area contributed by atoms with E-state index in [4.69, 9.17) is 11.6 Å². The van der Waals surface area contributed by atoms with Crippen molar-refractivity contribution in [1.82, 2.24) is 9.80 Å². The zero-order valence-electron chi connectivity index (χ0n) is 11.6. The Bertz CT molecular complexity index is 437. The molecule has 5 heteroatoms. The van der Waals surface area contributed by atoms with Gasteiger partial charge in [-0.3, -0.25) is 4.79 Å². The third-order valence-electron chi connectivity index (χ3n) is 2.87. The second kappa shape index (κ2) is 7.88. The average Bonchev–Trinajstić information content (AvgIpc) is 2.37. The molecule has 0 fully saturated rings. The number of amides is 1. The number of nitrogens with zero attached hydrogens (tertiary/aromatic N) is 2. The maximum Gasteiger partial charge on any atom is 0.253 e. The SMILES string of the molecule is CCN(CCCN(C)C)C(=O)c1ccc(Br)c(Cl)c1. The molecule has 0 atom stereocenters. The molecule has 1 amide bonds. The molecule has 19 heavy (non-hydrogen) atoms. The van der Waals surface area contributed by atoms with E-state index in [1.54, 1.807) is 12.1 Å². The van der Waals surface area contributed by atoms with Gasteiger partial charge >= 0.3 is 0 Å². The Hall–Kier alpha value is -0.580. The van der Waals surface area contributed by atoms with E-state index in [-0.39, 0.29) is 5.91 Å².